The highest BCUT2D eigenvalue weighted by molar-refractivity contribution is 5.94. The van der Waals surface area contributed by atoms with Gasteiger partial charge in [0, 0.05) is 33.3 Å². The number of hydrogen-bond donors (Lipinski definition) is 0. The van der Waals surface area contributed by atoms with Gasteiger partial charge in [-0.3, -0.25) is 18.7 Å². The third kappa shape index (κ3) is 4.55. The first kappa shape index (κ1) is 23.5. The molecule has 0 atom stereocenters. The van der Waals surface area contributed by atoms with Crippen LogP contribution in [0.5, 0.6) is 11.5 Å². The van der Waals surface area contributed by atoms with Gasteiger partial charge < -0.3 is 14.4 Å². The van der Waals surface area contributed by atoms with Crippen LogP contribution in [0.4, 0.5) is 0 Å². The highest BCUT2D eigenvalue weighted by Crippen LogP contribution is 2.27. The van der Waals surface area contributed by atoms with Crippen molar-refractivity contribution in [2.45, 2.75) is 25.7 Å². The lowest BCUT2D eigenvalue weighted by molar-refractivity contribution is 0.0681. The summed E-state index contributed by atoms with van der Waals surface area (Å²) in [5, 5.41) is 0.314. The van der Waals surface area contributed by atoms with Gasteiger partial charge in [-0.1, -0.05) is 0 Å². The number of aryl methyl sites for hydroxylation is 2. The second kappa shape index (κ2) is 9.70. The summed E-state index contributed by atoms with van der Waals surface area (Å²) in [6.45, 7) is 1.31. The summed E-state index contributed by atoms with van der Waals surface area (Å²) in [4.78, 5) is 43.9. The van der Waals surface area contributed by atoms with E-state index in [1.165, 1.54) is 17.2 Å². The summed E-state index contributed by atoms with van der Waals surface area (Å²) in [5.74, 6) is 1.92. The van der Waals surface area contributed by atoms with Gasteiger partial charge in [0.15, 0.2) is 0 Å². The molecular formula is C25H30N4O5. The average Bonchev–Trinajstić information content (AvgIpc) is 2.88. The molecule has 1 saturated heterocycles. The van der Waals surface area contributed by atoms with Crippen molar-refractivity contribution >= 4 is 16.9 Å². The Bertz CT molecular complexity index is 1310. The Labute approximate surface area is 197 Å². The molecule has 180 valence electrons. The van der Waals surface area contributed by atoms with Crippen LogP contribution in [0.15, 0.2) is 39.9 Å². The Morgan fingerprint density at radius 2 is 1.65 bits per heavy atom. The highest BCUT2D eigenvalue weighted by atomic mass is 16.5. The average molecular weight is 467 g/mol. The van der Waals surface area contributed by atoms with Crippen molar-refractivity contribution < 1.29 is 14.3 Å². The Balaban J connectivity index is 1.41. The van der Waals surface area contributed by atoms with Gasteiger partial charge in [-0.2, -0.15) is 0 Å². The van der Waals surface area contributed by atoms with Crippen LogP contribution in [0.25, 0.3) is 11.0 Å². The summed E-state index contributed by atoms with van der Waals surface area (Å²) in [6, 6.07) is 9.08. The fraction of sp³-hybridized carbons (Fsp3) is 0.440. The Morgan fingerprint density at radius 1 is 1.00 bits per heavy atom. The summed E-state index contributed by atoms with van der Waals surface area (Å²) in [7, 11) is 6.27. The van der Waals surface area contributed by atoms with Crippen molar-refractivity contribution in [1.29, 1.82) is 0 Å². The molecule has 0 saturated carbocycles. The largest absolute Gasteiger partial charge is 0.497 e. The van der Waals surface area contributed by atoms with Crippen molar-refractivity contribution in [2.24, 2.45) is 20.0 Å². The molecule has 1 aliphatic heterocycles. The first-order valence-corrected chi connectivity index (χ1v) is 11.4. The fourth-order valence-corrected chi connectivity index (χ4v) is 4.54. The maximum atomic E-state index is 13.1. The number of carbonyl (C=O) groups is 1. The van der Waals surface area contributed by atoms with Crippen LogP contribution in [0.1, 0.15) is 35.3 Å². The van der Waals surface area contributed by atoms with Gasteiger partial charge in [-0.15, -0.1) is 0 Å². The normalized spacial score (nSPS) is 14.4. The Hall–Kier alpha value is -3.62. The SMILES string of the molecule is COc1cc(CCC2CCN(C(=O)c3ccc4c(=O)n(C)c(=O)n(C)c4n3)CC2)cc(OC)c1. The van der Waals surface area contributed by atoms with Crippen LogP contribution in [0.3, 0.4) is 0 Å². The lowest BCUT2D eigenvalue weighted by atomic mass is 9.90. The third-order valence-electron chi connectivity index (χ3n) is 6.68. The van der Waals surface area contributed by atoms with E-state index in [2.05, 4.69) is 4.98 Å². The minimum atomic E-state index is -0.468. The van der Waals surface area contributed by atoms with E-state index in [-0.39, 0.29) is 17.2 Å². The van der Waals surface area contributed by atoms with Crippen molar-refractivity contribution in [3.63, 3.8) is 0 Å². The second-order valence-electron chi connectivity index (χ2n) is 8.77. The number of pyridine rings is 1. The lowest BCUT2D eigenvalue weighted by Gasteiger charge is -2.32. The number of nitrogens with zero attached hydrogens (tertiary/aromatic N) is 4. The molecule has 1 aliphatic rings. The van der Waals surface area contributed by atoms with Gasteiger partial charge in [0.25, 0.3) is 11.5 Å². The van der Waals surface area contributed by atoms with E-state index in [1.54, 1.807) is 38.3 Å². The summed E-state index contributed by atoms with van der Waals surface area (Å²) in [5.41, 5.74) is 0.759. The summed E-state index contributed by atoms with van der Waals surface area (Å²) in [6.07, 6.45) is 3.78. The number of aromatic nitrogens is 3. The summed E-state index contributed by atoms with van der Waals surface area (Å²) < 4.78 is 13.1. The molecular weight excluding hydrogens is 436 g/mol. The first-order chi connectivity index (χ1) is 16.3. The van der Waals surface area contributed by atoms with Crippen LogP contribution >= 0.6 is 0 Å². The predicted molar refractivity (Wildman–Crippen MR) is 129 cm³/mol. The molecule has 3 aromatic rings. The smallest absolute Gasteiger partial charge is 0.332 e. The number of carbonyl (C=O) groups excluding carboxylic acids is 1. The molecule has 1 amide bonds. The number of amides is 1. The van der Waals surface area contributed by atoms with Crippen LogP contribution in [0, 0.1) is 5.92 Å². The van der Waals surface area contributed by atoms with Gasteiger partial charge in [-0.25, -0.2) is 9.78 Å². The fourth-order valence-electron chi connectivity index (χ4n) is 4.54. The van der Waals surface area contributed by atoms with Gasteiger partial charge in [0.2, 0.25) is 0 Å². The predicted octanol–water partition coefficient (Wildman–Crippen LogP) is 2.13. The third-order valence-corrected chi connectivity index (χ3v) is 6.68. The lowest BCUT2D eigenvalue weighted by Crippen LogP contribution is -2.40. The standard InChI is InChI=1S/C25H30N4O5/c1-27-22-20(23(30)28(2)25(27)32)7-8-21(26-22)24(31)29-11-9-16(10-12-29)5-6-17-13-18(33-3)15-19(14-17)34-4/h7-8,13-16H,5-6,9-12H2,1-4H3. The Morgan fingerprint density at radius 3 is 2.26 bits per heavy atom. The van der Waals surface area contributed by atoms with Gasteiger partial charge in [0.1, 0.15) is 22.8 Å². The van der Waals surface area contributed by atoms with Crippen LogP contribution in [-0.4, -0.2) is 52.2 Å². The topological polar surface area (TPSA) is 95.7 Å². The molecule has 0 aliphatic carbocycles. The zero-order valence-corrected chi connectivity index (χ0v) is 20.0. The molecule has 34 heavy (non-hydrogen) atoms. The molecule has 4 rings (SSSR count). The minimum Gasteiger partial charge on any atom is -0.497 e. The quantitative estimate of drug-likeness (QED) is 0.552. The molecule has 9 heteroatoms. The van der Waals surface area contributed by atoms with Crippen molar-refractivity contribution in [3.8, 4) is 11.5 Å². The maximum Gasteiger partial charge on any atom is 0.332 e. The van der Waals surface area contributed by atoms with E-state index in [4.69, 9.17) is 9.47 Å². The number of ether oxygens (including phenoxy) is 2. The van der Waals surface area contributed by atoms with E-state index >= 15 is 0 Å². The molecule has 0 radical (unpaired) electrons. The van der Waals surface area contributed by atoms with Crippen molar-refractivity contribution in [1.82, 2.24) is 19.0 Å². The number of likely N-dealkylation sites (tertiary alicyclic amines) is 1. The molecule has 0 spiro atoms. The van der Waals surface area contributed by atoms with Gasteiger partial charge >= 0.3 is 5.69 Å². The number of piperidine rings is 1. The number of rotatable bonds is 6. The monoisotopic (exact) mass is 466 g/mol. The molecule has 0 unspecified atom stereocenters. The van der Waals surface area contributed by atoms with Crippen molar-refractivity contribution in [2.75, 3.05) is 27.3 Å². The minimum absolute atomic E-state index is 0.175. The summed E-state index contributed by atoms with van der Waals surface area (Å²) >= 11 is 0. The first-order valence-electron chi connectivity index (χ1n) is 11.4. The van der Waals surface area contributed by atoms with Gasteiger partial charge in [-0.05, 0) is 61.4 Å². The highest BCUT2D eigenvalue weighted by Gasteiger charge is 2.25. The molecule has 0 bridgehead atoms. The van der Waals surface area contributed by atoms with E-state index in [1.807, 2.05) is 18.2 Å². The van der Waals surface area contributed by atoms with Crippen LogP contribution in [0.2, 0.25) is 0 Å². The van der Waals surface area contributed by atoms with E-state index in [9.17, 15) is 14.4 Å². The van der Waals surface area contributed by atoms with E-state index < -0.39 is 11.2 Å². The Kier molecular flexibility index (Phi) is 6.72. The molecule has 1 aromatic carbocycles. The number of benzene rings is 1. The number of methoxy groups -OCH3 is 2. The molecule has 1 fully saturated rings. The van der Waals surface area contributed by atoms with Crippen LogP contribution in [-0.2, 0) is 20.5 Å². The zero-order valence-electron chi connectivity index (χ0n) is 20.0. The molecule has 3 heterocycles. The molecule has 9 nitrogen and oxygen atoms in total. The van der Waals surface area contributed by atoms with Crippen molar-refractivity contribution in [3.05, 3.63) is 62.4 Å². The van der Waals surface area contributed by atoms with E-state index in [0.717, 1.165) is 41.7 Å². The van der Waals surface area contributed by atoms with Gasteiger partial charge in [0.05, 0.1) is 19.6 Å². The maximum absolute atomic E-state index is 13.1. The number of hydrogen-bond acceptors (Lipinski definition) is 6. The zero-order chi connectivity index (χ0) is 24.4. The van der Waals surface area contributed by atoms with Crippen LogP contribution < -0.4 is 20.7 Å². The molecule has 2 aromatic heterocycles. The van der Waals surface area contributed by atoms with E-state index in [0.29, 0.717) is 24.4 Å². The number of fused-ring (bicyclic) bond motifs is 1. The molecule has 0 N–H and O–H groups in total. The second-order valence-corrected chi connectivity index (χ2v) is 8.77.